The highest BCUT2D eigenvalue weighted by Gasteiger charge is 2.32. The van der Waals surface area contributed by atoms with E-state index in [1.54, 1.807) is 24.3 Å². The number of amides is 4. The molecule has 0 aliphatic carbocycles. The molecule has 11 nitrogen and oxygen atoms in total. The molecule has 0 unspecified atom stereocenters. The van der Waals surface area contributed by atoms with Crippen LogP contribution in [0.4, 0.5) is 5.69 Å². The number of carboxylic acid groups (broad SMARTS) is 1. The van der Waals surface area contributed by atoms with Crippen LogP contribution in [0.5, 0.6) is 0 Å². The number of fused-ring (bicyclic) bond motifs is 18. The maximum Gasteiger partial charge on any atom is 0.307 e. The van der Waals surface area contributed by atoms with Crippen LogP contribution in [0.2, 0.25) is 0 Å². The van der Waals surface area contributed by atoms with Crippen LogP contribution in [-0.2, 0) is 54.5 Å². The number of anilines is 1. The van der Waals surface area contributed by atoms with Crippen LogP contribution in [0.15, 0.2) is 127 Å². The third kappa shape index (κ3) is 11.8. The fourth-order valence-corrected chi connectivity index (χ4v) is 7.50. The summed E-state index contributed by atoms with van der Waals surface area (Å²) in [4.78, 5) is 82.0. The van der Waals surface area contributed by atoms with Crippen molar-refractivity contribution in [3.63, 3.8) is 0 Å². The summed E-state index contributed by atoms with van der Waals surface area (Å²) in [5, 5.41) is 23.3. The highest BCUT2D eigenvalue weighted by atomic mass is 32.1. The van der Waals surface area contributed by atoms with E-state index < -0.39 is 59.4 Å². The van der Waals surface area contributed by atoms with Crippen molar-refractivity contribution in [3.8, 4) is 11.1 Å². The topological polar surface area (TPSA) is 171 Å². The molecule has 3 heterocycles. The molecule has 0 saturated carbocycles. The molecule has 4 amide bonds. The zero-order valence-electron chi connectivity index (χ0n) is 31.2. The molecule has 1 aromatic heterocycles. The van der Waals surface area contributed by atoms with Gasteiger partial charge in [-0.25, -0.2) is 0 Å². The van der Waals surface area contributed by atoms with E-state index in [0.29, 0.717) is 11.3 Å². The highest BCUT2D eigenvalue weighted by Crippen LogP contribution is 2.22. The number of hydrogen-bond donors (Lipinski definition) is 5. The van der Waals surface area contributed by atoms with Gasteiger partial charge in [-0.15, -0.1) is 11.3 Å². The molecular formula is C45H44N4O7S. The van der Waals surface area contributed by atoms with E-state index >= 15 is 0 Å². The summed E-state index contributed by atoms with van der Waals surface area (Å²) in [5.74, 6) is -4.95. The van der Waals surface area contributed by atoms with Gasteiger partial charge in [0.05, 0.1) is 12.0 Å². The van der Waals surface area contributed by atoms with Crippen molar-refractivity contribution in [1.29, 1.82) is 0 Å². The van der Waals surface area contributed by atoms with Gasteiger partial charge in [-0.3, -0.25) is 28.8 Å². The molecule has 5 N–H and O–H groups in total. The number of carboxylic acids is 1. The minimum atomic E-state index is -1.19. The Morgan fingerprint density at radius 1 is 0.579 bits per heavy atom. The predicted molar refractivity (Wildman–Crippen MR) is 218 cm³/mol. The molecule has 0 fully saturated rings. The van der Waals surface area contributed by atoms with E-state index in [2.05, 4.69) is 21.3 Å². The highest BCUT2D eigenvalue weighted by molar-refractivity contribution is 7.09. The first-order valence-corrected chi connectivity index (χ1v) is 19.7. The lowest BCUT2D eigenvalue weighted by Gasteiger charge is -2.26. The number of hydrogen-bond acceptors (Lipinski definition) is 7. The maximum atomic E-state index is 14.4. The number of rotatable bonds is 8. The maximum absolute atomic E-state index is 14.4. The van der Waals surface area contributed by atoms with Crippen molar-refractivity contribution in [2.45, 2.75) is 63.1 Å². The summed E-state index contributed by atoms with van der Waals surface area (Å²) in [6.45, 7) is 0. The number of nitrogens with one attached hydrogen (secondary N) is 4. The molecule has 57 heavy (non-hydrogen) atoms. The van der Waals surface area contributed by atoms with E-state index in [1.807, 2.05) is 102 Å². The fourth-order valence-electron chi connectivity index (χ4n) is 6.75. The van der Waals surface area contributed by atoms with Crippen LogP contribution in [0.3, 0.4) is 0 Å². The number of carbonyl (C=O) groups is 6. The molecule has 292 valence electrons. The van der Waals surface area contributed by atoms with Gasteiger partial charge in [0, 0.05) is 42.7 Å². The Hall–Kier alpha value is -6.40. The summed E-state index contributed by atoms with van der Waals surface area (Å²) < 4.78 is 0. The second-order valence-electron chi connectivity index (χ2n) is 14.1. The molecule has 0 spiro atoms. The van der Waals surface area contributed by atoms with Gasteiger partial charge >= 0.3 is 5.97 Å². The zero-order valence-corrected chi connectivity index (χ0v) is 32.0. The van der Waals surface area contributed by atoms with Crippen molar-refractivity contribution in [1.82, 2.24) is 16.0 Å². The van der Waals surface area contributed by atoms with Crippen molar-refractivity contribution < 1.29 is 33.9 Å². The molecule has 4 aromatic carbocycles. The molecule has 7 rings (SSSR count). The normalized spacial score (nSPS) is 20.0. The van der Waals surface area contributed by atoms with Gasteiger partial charge in [0.2, 0.25) is 23.6 Å². The third-order valence-electron chi connectivity index (χ3n) is 9.85. The monoisotopic (exact) mass is 784 g/mol. The lowest BCUT2D eigenvalue weighted by molar-refractivity contribution is -0.144. The minimum absolute atomic E-state index is 0.0325. The quantitative estimate of drug-likeness (QED) is 0.129. The van der Waals surface area contributed by atoms with E-state index in [0.717, 1.165) is 27.1 Å². The van der Waals surface area contributed by atoms with Crippen molar-refractivity contribution >= 4 is 52.4 Å². The smallest absolute Gasteiger partial charge is 0.307 e. The summed E-state index contributed by atoms with van der Waals surface area (Å²) in [6, 6.07) is 33.4. The Morgan fingerprint density at radius 2 is 1.16 bits per heavy atom. The second-order valence-corrected chi connectivity index (χ2v) is 15.2. The minimum Gasteiger partial charge on any atom is -0.481 e. The second kappa shape index (κ2) is 19.5. The van der Waals surface area contributed by atoms with Gasteiger partial charge in [0.1, 0.15) is 12.1 Å². The third-order valence-corrected chi connectivity index (χ3v) is 10.8. The van der Waals surface area contributed by atoms with Crippen LogP contribution in [-0.4, -0.2) is 58.6 Å². The lowest BCUT2D eigenvalue weighted by atomic mass is 9.90. The van der Waals surface area contributed by atoms with E-state index in [4.69, 9.17) is 0 Å². The van der Waals surface area contributed by atoms with Gasteiger partial charge in [-0.1, -0.05) is 103 Å². The van der Waals surface area contributed by atoms with Crippen LogP contribution >= 0.6 is 11.3 Å². The average Bonchev–Trinajstić information content (AvgIpc) is 3.73. The van der Waals surface area contributed by atoms with Gasteiger partial charge < -0.3 is 26.4 Å². The van der Waals surface area contributed by atoms with Crippen LogP contribution in [0.1, 0.15) is 40.8 Å². The molecule has 0 radical (unpaired) electrons. The Kier molecular flexibility index (Phi) is 13.7. The van der Waals surface area contributed by atoms with Crippen molar-refractivity contribution in [3.05, 3.63) is 148 Å². The van der Waals surface area contributed by atoms with Crippen LogP contribution < -0.4 is 21.3 Å². The summed E-state index contributed by atoms with van der Waals surface area (Å²) in [5.41, 5.74) is 4.55. The van der Waals surface area contributed by atoms with Gasteiger partial charge in [-0.2, -0.15) is 0 Å². The number of carbonyl (C=O) groups excluding carboxylic acids is 5. The number of ketones is 1. The average molecular weight is 785 g/mol. The molecule has 12 heteroatoms. The van der Waals surface area contributed by atoms with Gasteiger partial charge in [0.15, 0.2) is 5.78 Å². The molecule has 2 bridgehead atoms. The zero-order chi connectivity index (χ0) is 40.1. The van der Waals surface area contributed by atoms with Crippen LogP contribution in [0, 0.1) is 5.92 Å². The lowest BCUT2D eigenvalue weighted by Crippen LogP contribution is -2.57. The molecule has 0 saturated heterocycles. The fraction of sp³-hybridized carbons (Fsp3) is 0.244. The predicted octanol–water partition coefficient (Wildman–Crippen LogP) is 5.53. The molecule has 5 aromatic rings. The molecule has 4 atom stereocenters. The number of aliphatic carboxylic acids is 1. The van der Waals surface area contributed by atoms with Gasteiger partial charge in [-0.05, 0) is 64.2 Å². The Balaban J connectivity index is 1.34. The Morgan fingerprint density at radius 3 is 1.81 bits per heavy atom. The Bertz CT molecular complexity index is 2160. The molecular weight excluding hydrogens is 741 g/mol. The Labute approximate surface area is 334 Å². The number of Topliss-reactive ketones (excluding diaryl/α,β-unsaturated/α-hetero) is 1. The van der Waals surface area contributed by atoms with Crippen LogP contribution in [0.25, 0.3) is 11.1 Å². The van der Waals surface area contributed by atoms with E-state index in [9.17, 15) is 33.9 Å². The van der Waals surface area contributed by atoms with Gasteiger partial charge in [0.25, 0.3) is 0 Å². The molecule has 2 aliphatic rings. The van der Waals surface area contributed by atoms with E-state index in [-0.39, 0.29) is 44.9 Å². The summed E-state index contributed by atoms with van der Waals surface area (Å²) in [6.07, 6.45) is -0.402. The summed E-state index contributed by atoms with van der Waals surface area (Å²) >= 11 is 1.41. The first-order valence-electron chi connectivity index (χ1n) is 18.8. The first-order chi connectivity index (χ1) is 27.6. The first kappa shape index (κ1) is 40.3. The standard InChI is InChI=1S/C45H44N4O7S/c50-40-27-34(45(55)56)24-30-15-19-35(20-16-30)46-41(51)21-22-42(52)47-39(28-36-12-7-23-57-36)44(54)49-38(43(53)48-37(40)25-29-8-3-1-4-9-29)26-31-13-17-33(18-14-31)32-10-5-2-6-11-32/h1-20,23,34,37-39H,21-22,24-28H2,(H,46,51)(H,47,52)(H,48,53)(H,49,54)(H,55,56)/t34-,37-,38+,39-/m1/s1. The number of thiophene rings is 1. The summed E-state index contributed by atoms with van der Waals surface area (Å²) in [7, 11) is 0. The number of benzene rings is 4. The molecule has 2 aliphatic heterocycles. The van der Waals surface area contributed by atoms with Crippen molar-refractivity contribution in [2.24, 2.45) is 5.92 Å². The largest absolute Gasteiger partial charge is 0.481 e. The SMILES string of the molecule is O=C1CCC(=O)N[C@H](Cc2cccs2)C(=O)N[C@@H](Cc2ccc(-c3ccccc3)cc2)C(=O)N[C@H](Cc2ccccc2)C(=O)C[C@H](C(=O)O)Cc2ccc(cc2)N1. The van der Waals surface area contributed by atoms with E-state index in [1.165, 1.54) is 11.3 Å². The van der Waals surface area contributed by atoms with Crippen molar-refractivity contribution in [2.75, 3.05) is 5.32 Å².